The maximum absolute atomic E-state index is 12.2. The van der Waals surface area contributed by atoms with E-state index in [-0.39, 0.29) is 15.5 Å². The van der Waals surface area contributed by atoms with Gasteiger partial charge >= 0.3 is 5.97 Å². The number of hydrogen-bond acceptors (Lipinski definition) is 5. The fourth-order valence-corrected chi connectivity index (χ4v) is 3.16. The number of esters is 1. The summed E-state index contributed by atoms with van der Waals surface area (Å²) >= 11 is 5.96. The van der Waals surface area contributed by atoms with Crippen molar-refractivity contribution >= 4 is 33.5 Å². The molecular weight excluding hydrogens is 392 g/mol. The van der Waals surface area contributed by atoms with E-state index in [1.54, 1.807) is 7.05 Å². The number of carbonyl (C=O) groups excluding carboxylic acids is 2. The number of hydrogen-bond donors (Lipinski definition) is 1. The lowest BCUT2D eigenvalue weighted by Crippen LogP contribution is -2.30. The number of sulfonamides is 1. The normalized spacial score (nSPS) is 11.1. The van der Waals surface area contributed by atoms with Crippen molar-refractivity contribution in [3.05, 3.63) is 64.7 Å². The summed E-state index contributed by atoms with van der Waals surface area (Å²) in [6.45, 7) is -0.116. The first kappa shape index (κ1) is 20.9. The molecule has 144 valence electrons. The van der Waals surface area contributed by atoms with Crippen LogP contribution in [0, 0.1) is 0 Å². The van der Waals surface area contributed by atoms with Crippen LogP contribution >= 0.6 is 11.6 Å². The minimum atomic E-state index is -3.74. The summed E-state index contributed by atoms with van der Waals surface area (Å²) < 4.78 is 30.8. The molecule has 0 aliphatic carbocycles. The van der Waals surface area contributed by atoms with Gasteiger partial charge in [0.2, 0.25) is 10.0 Å². The van der Waals surface area contributed by atoms with Gasteiger partial charge in [-0.05, 0) is 30.8 Å². The molecule has 27 heavy (non-hydrogen) atoms. The van der Waals surface area contributed by atoms with Gasteiger partial charge in [0.25, 0.3) is 5.91 Å². The Morgan fingerprint density at radius 1 is 1.15 bits per heavy atom. The number of rotatable bonds is 7. The van der Waals surface area contributed by atoms with Gasteiger partial charge in [0.15, 0.2) is 6.61 Å². The zero-order valence-corrected chi connectivity index (χ0v) is 16.4. The minimum absolute atomic E-state index is 0.0279. The number of nitrogens with zero attached hydrogens (tertiary/aromatic N) is 1. The molecule has 2 rings (SSSR count). The molecular formula is C18H19ClN2O5S. The van der Waals surface area contributed by atoms with Gasteiger partial charge in [0, 0.05) is 13.6 Å². The third-order valence-corrected chi connectivity index (χ3v) is 5.49. The summed E-state index contributed by atoms with van der Waals surface area (Å²) in [5.74, 6) is -1.28. The number of carbonyl (C=O) groups is 2. The fourth-order valence-electron chi connectivity index (χ4n) is 2.21. The average Bonchev–Trinajstić information content (AvgIpc) is 2.66. The SMILES string of the molecule is CNS(=O)(=O)c1ccc(Cl)c(C(=O)OCC(=O)N(C)Cc2ccccc2)c1. The molecule has 0 unspecified atom stereocenters. The van der Waals surface area contributed by atoms with E-state index in [0.717, 1.165) is 11.6 Å². The molecule has 0 saturated heterocycles. The molecule has 0 saturated carbocycles. The van der Waals surface area contributed by atoms with Crippen LogP contribution in [-0.2, 0) is 26.1 Å². The largest absolute Gasteiger partial charge is 0.452 e. The Hall–Kier alpha value is -2.42. The maximum atomic E-state index is 12.2. The lowest BCUT2D eigenvalue weighted by molar-refractivity contribution is -0.133. The van der Waals surface area contributed by atoms with Crippen molar-refractivity contribution in [1.29, 1.82) is 0 Å². The Morgan fingerprint density at radius 2 is 1.81 bits per heavy atom. The van der Waals surface area contributed by atoms with Crippen LogP contribution in [0.25, 0.3) is 0 Å². The van der Waals surface area contributed by atoms with E-state index in [2.05, 4.69) is 4.72 Å². The summed E-state index contributed by atoms with van der Waals surface area (Å²) in [6, 6.07) is 13.0. The lowest BCUT2D eigenvalue weighted by Gasteiger charge is -2.17. The molecule has 0 fully saturated rings. The molecule has 1 amide bonds. The summed E-state index contributed by atoms with van der Waals surface area (Å²) in [6.07, 6.45) is 0. The second-order valence-corrected chi connectivity index (χ2v) is 7.95. The quantitative estimate of drug-likeness (QED) is 0.705. The molecule has 0 aliphatic rings. The first-order chi connectivity index (χ1) is 12.7. The van der Waals surface area contributed by atoms with Gasteiger partial charge in [0.05, 0.1) is 15.5 Å². The van der Waals surface area contributed by atoms with Crippen LogP contribution < -0.4 is 4.72 Å². The smallest absolute Gasteiger partial charge is 0.340 e. The maximum Gasteiger partial charge on any atom is 0.340 e. The Labute approximate surface area is 162 Å². The van der Waals surface area contributed by atoms with E-state index in [4.69, 9.17) is 16.3 Å². The Morgan fingerprint density at radius 3 is 2.44 bits per heavy atom. The molecule has 9 heteroatoms. The van der Waals surface area contributed by atoms with Gasteiger partial charge in [-0.1, -0.05) is 41.9 Å². The van der Waals surface area contributed by atoms with Crippen LogP contribution in [0.2, 0.25) is 5.02 Å². The van der Waals surface area contributed by atoms with Crippen molar-refractivity contribution in [3.8, 4) is 0 Å². The standard InChI is InChI=1S/C18H19ClN2O5S/c1-20-27(24,25)14-8-9-16(19)15(10-14)18(23)26-12-17(22)21(2)11-13-6-4-3-5-7-13/h3-10,20H,11-12H2,1-2H3. The van der Waals surface area contributed by atoms with Crippen LogP contribution in [0.4, 0.5) is 0 Å². The van der Waals surface area contributed by atoms with E-state index in [0.29, 0.717) is 6.54 Å². The first-order valence-electron chi connectivity index (χ1n) is 7.92. The Bertz CT molecular complexity index is 932. The van der Waals surface area contributed by atoms with Crippen LogP contribution in [0.5, 0.6) is 0 Å². The number of nitrogens with one attached hydrogen (secondary N) is 1. The number of ether oxygens (including phenoxy) is 1. The summed E-state index contributed by atoms with van der Waals surface area (Å²) in [5.41, 5.74) is 0.805. The lowest BCUT2D eigenvalue weighted by atomic mass is 10.2. The van der Waals surface area contributed by atoms with Gasteiger partial charge in [0.1, 0.15) is 0 Å². The highest BCUT2D eigenvalue weighted by atomic mass is 35.5. The number of benzene rings is 2. The zero-order chi connectivity index (χ0) is 20.0. The van der Waals surface area contributed by atoms with E-state index in [1.165, 1.54) is 24.1 Å². The highest BCUT2D eigenvalue weighted by Crippen LogP contribution is 2.21. The van der Waals surface area contributed by atoms with E-state index in [9.17, 15) is 18.0 Å². The topological polar surface area (TPSA) is 92.8 Å². The van der Waals surface area contributed by atoms with Crippen molar-refractivity contribution in [2.45, 2.75) is 11.4 Å². The molecule has 0 aliphatic heterocycles. The van der Waals surface area contributed by atoms with Gasteiger partial charge in [-0.3, -0.25) is 4.79 Å². The third kappa shape index (κ3) is 5.53. The van der Waals surface area contributed by atoms with Gasteiger partial charge < -0.3 is 9.64 Å². The number of halogens is 1. The van der Waals surface area contributed by atoms with Crippen molar-refractivity contribution in [1.82, 2.24) is 9.62 Å². The second-order valence-electron chi connectivity index (χ2n) is 5.66. The molecule has 7 nitrogen and oxygen atoms in total. The zero-order valence-electron chi connectivity index (χ0n) is 14.8. The Balaban J connectivity index is 2.03. The Kier molecular flexibility index (Phi) is 6.95. The fraction of sp³-hybridized carbons (Fsp3) is 0.222. The third-order valence-electron chi connectivity index (χ3n) is 3.75. The summed E-state index contributed by atoms with van der Waals surface area (Å²) in [4.78, 5) is 25.7. The predicted octanol–water partition coefficient (Wildman–Crippen LogP) is 2.06. The number of likely N-dealkylation sites (N-methyl/N-ethyl adjacent to an activating group) is 1. The summed E-state index contributed by atoms with van der Waals surface area (Å²) in [5, 5.41) is 0.0279. The van der Waals surface area contributed by atoms with E-state index >= 15 is 0 Å². The van der Waals surface area contributed by atoms with Crippen LogP contribution in [0.3, 0.4) is 0 Å². The van der Waals surface area contributed by atoms with Crippen LogP contribution in [0.1, 0.15) is 15.9 Å². The van der Waals surface area contributed by atoms with Crippen molar-refractivity contribution in [2.75, 3.05) is 20.7 Å². The minimum Gasteiger partial charge on any atom is -0.452 e. The molecule has 0 spiro atoms. The number of amides is 1. The van der Waals surface area contributed by atoms with Crippen LogP contribution in [0.15, 0.2) is 53.4 Å². The van der Waals surface area contributed by atoms with Crippen LogP contribution in [-0.4, -0.2) is 45.9 Å². The molecule has 0 atom stereocenters. The molecule has 2 aromatic carbocycles. The highest BCUT2D eigenvalue weighted by Gasteiger charge is 2.20. The van der Waals surface area contributed by atoms with E-state index in [1.807, 2.05) is 30.3 Å². The predicted molar refractivity (Wildman–Crippen MR) is 101 cm³/mol. The van der Waals surface area contributed by atoms with Crippen molar-refractivity contribution in [3.63, 3.8) is 0 Å². The second kappa shape index (κ2) is 8.98. The molecule has 0 radical (unpaired) electrons. The van der Waals surface area contributed by atoms with Gasteiger partial charge in [-0.15, -0.1) is 0 Å². The van der Waals surface area contributed by atoms with Gasteiger partial charge in [-0.2, -0.15) is 0 Å². The van der Waals surface area contributed by atoms with Gasteiger partial charge in [-0.25, -0.2) is 17.9 Å². The molecule has 0 aromatic heterocycles. The summed E-state index contributed by atoms with van der Waals surface area (Å²) in [7, 11) is -0.895. The molecule has 0 heterocycles. The monoisotopic (exact) mass is 410 g/mol. The van der Waals surface area contributed by atoms with Crippen molar-refractivity contribution in [2.24, 2.45) is 0 Å². The molecule has 2 aromatic rings. The molecule has 0 bridgehead atoms. The molecule has 1 N–H and O–H groups in total. The van der Waals surface area contributed by atoms with Crippen molar-refractivity contribution < 1.29 is 22.7 Å². The highest BCUT2D eigenvalue weighted by molar-refractivity contribution is 7.89. The average molecular weight is 411 g/mol. The first-order valence-corrected chi connectivity index (χ1v) is 9.79. The van der Waals surface area contributed by atoms with E-state index < -0.39 is 28.5 Å².